The smallest absolute Gasteiger partial charge is 0.168 e. The molecule has 0 aliphatic heterocycles. The highest BCUT2D eigenvalue weighted by atomic mass is 28.3. The molecule has 0 unspecified atom stereocenters. The van der Waals surface area contributed by atoms with Gasteiger partial charge in [-0.15, -0.1) is 0 Å². The van der Waals surface area contributed by atoms with Gasteiger partial charge in [0, 0.05) is 124 Å². The van der Waals surface area contributed by atoms with E-state index in [1.165, 1.54) is 88.7 Å². The molecule has 0 bridgehead atoms. The van der Waals surface area contributed by atoms with Gasteiger partial charge in [0.1, 0.15) is 0 Å². The van der Waals surface area contributed by atoms with Crippen molar-refractivity contribution in [1.29, 1.82) is 0 Å². The van der Waals surface area contributed by atoms with Crippen LogP contribution in [0.1, 0.15) is 44.4 Å². The number of hydrogen-bond acceptors (Lipinski definition) is 6. The number of nitrogens with zero attached hydrogens (tertiary/aromatic N) is 6. The van der Waals surface area contributed by atoms with E-state index in [0.717, 1.165) is 0 Å². The minimum atomic E-state index is -3.13. The molecular weight excluding hydrogens is 617 g/mol. The summed E-state index contributed by atoms with van der Waals surface area (Å²) in [7, 11) is 23.2. The first-order chi connectivity index (χ1) is 22.7. The van der Waals surface area contributed by atoms with Gasteiger partial charge in [-0.25, -0.2) is 0 Å². The molecule has 0 aromatic heterocycles. The summed E-state index contributed by atoms with van der Waals surface area (Å²) in [6.45, 7) is 16.7. The normalized spacial score (nSPS) is 13.8. The maximum atomic E-state index is 2.44. The first kappa shape index (κ1) is 38.0. The van der Waals surface area contributed by atoms with Crippen molar-refractivity contribution < 1.29 is 0 Å². The van der Waals surface area contributed by atoms with Crippen LogP contribution in [-0.2, 0) is 0 Å². The van der Waals surface area contributed by atoms with Crippen molar-refractivity contribution >= 4 is 57.8 Å². The highest BCUT2D eigenvalue weighted by Crippen LogP contribution is 2.50. The zero-order chi connectivity index (χ0) is 37.0. The summed E-state index contributed by atoms with van der Waals surface area (Å²) < 4.78 is 0. The molecule has 1 aliphatic rings. The van der Waals surface area contributed by atoms with Crippen molar-refractivity contribution in [2.45, 2.75) is 54.0 Å². The first-order valence-corrected chi connectivity index (χ1v) is 19.6. The molecule has 0 saturated carbocycles. The molecule has 0 atom stereocenters. The Morgan fingerprint density at radius 3 is 0.816 bits per heavy atom. The molecule has 7 heteroatoms. The van der Waals surface area contributed by atoms with Crippen molar-refractivity contribution in [3.63, 3.8) is 0 Å². The van der Waals surface area contributed by atoms with Crippen LogP contribution in [0.2, 0.25) is 5.54 Å². The van der Waals surface area contributed by atoms with E-state index in [0.29, 0.717) is 0 Å². The third-order valence-corrected chi connectivity index (χ3v) is 17.2. The van der Waals surface area contributed by atoms with Crippen LogP contribution in [0.3, 0.4) is 0 Å². The molecule has 49 heavy (non-hydrogen) atoms. The maximum Gasteiger partial charge on any atom is 0.168 e. The minimum absolute atomic E-state index is 0.223. The summed E-state index contributed by atoms with van der Waals surface area (Å²) in [5.74, 6) is 0. The Balaban J connectivity index is 2.55. The van der Waals surface area contributed by atoms with E-state index in [1.807, 2.05) is 0 Å². The van der Waals surface area contributed by atoms with E-state index in [1.54, 1.807) is 0 Å². The lowest BCUT2D eigenvalue weighted by Gasteiger charge is -2.48. The van der Waals surface area contributed by atoms with Crippen molar-refractivity contribution in [3.8, 4) is 0 Å². The van der Waals surface area contributed by atoms with E-state index in [-0.39, 0.29) is 5.54 Å². The van der Waals surface area contributed by atoms with Crippen LogP contribution in [0.15, 0.2) is 58.7 Å². The topological polar surface area (TPSA) is 19.4 Å². The van der Waals surface area contributed by atoms with Gasteiger partial charge in [-0.3, -0.25) is 0 Å². The standard InChI is InChI=1S/C42H64N6Si/c1-26-20-33(43(8)9)23-36(46(14)15)39(26)49(42-31(6)29(4)30(5)32(42)7,40-27(2)21-34(44(10)11)24-37(40)47(16)17)41-28(3)22-35(45(12)13)25-38(41)48(18)19/h20-25,42H,1-19H3. The van der Waals surface area contributed by atoms with Gasteiger partial charge in [0.2, 0.25) is 0 Å². The number of aryl methyl sites for hydroxylation is 3. The van der Waals surface area contributed by atoms with E-state index >= 15 is 0 Å². The minimum Gasteiger partial charge on any atom is -0.378 e. The lowest BCUT2D eigenvalue weighted by Crippen LogP contribution is -2.73. The Morgan fingerprint density at radius 2 is 0.612 bits per heavy atom. The number of benzene rings is 3. The monoisotopic (exact) mass is 680 g/mol. The van der Waals surface area contributed by atoms with Crippen LogP contribution in [0.25, 0.3) is 0 Å². The Hall–Kier alpha value is -3.84. The van der Waals surface area contributed by atoms with Crippen molar-refractivity contribution in [2.24, 2.45) is 0 Å². The largest absolute Gasteiger partial charge is 0.378 e. The average molecular weight is 681 g/mol. The molecule has 0 radical (unpaired) electrons. The third kappa shape index (κ3) is 6.24. The SMILES string of the molecule is CC1=C(C)C([Si](c2c(C)cc(N(C)C)cc2N(C)C)(c2c(C)cc(N(C)C)cc2N(C)C)c2c(C)cc(N(C)C)cc2N(C)C)C(C)=C1C. The predicted molar refractivity (Wildman–Crippen MR) is 225 cm³/mol. The fourth-order valence-corrected chi connectivity index (χ4v) is 16.0. The van der Waals surface area contributed by atoms with Gasteiger partial charge in [-0.1, -0.05) is 11.1 Å². The second-order valence-corrected chi connectivity index (χ2v) is 19.4. The molecule has 3 aromatic rings. The fourth-order valence-electron chi connectivity index (χ4n) is 8.43. The summed E-state index contributed by atoms with van der Waals surface area (Å²) in [5.41, 5.74) is 17.8. The van der Waals surface area contributed by atoms with Crippen molar-refractivity contribution in [2.75, 3.05) is 114 Å². The highest BCUT2D eigenvalue weighted by Gasteiger charge is 2.56. The number of allylic oxidation sites excluding steroid dienone is 4. The molecule has 0 amide bonds. The Kier molecular flexibility index (Phi) is 10.7. The van der Waals surface area contributed by atoms with E-state index in [4.69, 9.17) is 0 Å². The van der Waals surface area contributed by atoms with Gasteiger partial charge in [-0.2, -0.15) is 0 Å². The zero-order valence-corrected chi connectivity index (χ0v) is 35.2. The first-order valence-electron chi connectivity index (χ1n) is 17.5. The van der Waals surface area contributed by atoms with Crippen LogP contribution in [-0.4, -0.2) is 92.6 Å². The quantitative estimate of drug-likeness (QED) is 0.178. The van der Waals surface area contributed by atoms with Crippen LogP contribution >= 0.6 is 0 Å². The van der Waals surface area contributed by atoms with Gasteiger partial charge in [0.15, 0.2) is 8.07 Å². The number of hydrogen-bond donors (Lipinski definition) is 0. The highest BCUT2D eigenvalue weighted by molar-refractivity contribution is 7.15. The third-order valence-electron chi connectivity index (χ3n) is 11.1. The lowest BCUT2D eigenvalue weighted by atomic mass is 10.1. The maximum absolute atomic E-state index is 3.13. The van der Waals surface area contributed by atoms with Gasteiger partial charge in [0.05, 0.1) is 0 Å². The second-order valence-electron chi connectivity index (χ2n) is 15.7. The average Bonchev–Trinajstić information content (AvgIpc) is 3.19. The van der Waals surface area contributed by atoms with E-state index in [2.05, 4.69) is 199 Å². The molecule has 0 spiro atoms. The van der Waals surface area contributed by atoms with Crippen LogP contribution in [0.5, 0.6) is 0 Å². The van der Waals surface area contributed by atoms with Gasteiger partial charge >= 0.3 is 0 Å². The molecule has 1 aliphatic carbocycles. The van der Waals surface area contributed by atoms with Gasteiger partial charge in [-0.05, 0) is 128 Å². The Bertz CT molecular complexity index is 1620. The molecular formula is C42H64N6Si. The molecule has 0 saturated heterocycles. The van der Waals surface area contributed by atoms with Crippen molar-refractivity contribution in [1.82, 2.24) is 0 Å². The Morgan fingerprint density at radius 1 is 0.367 bits per heavy atom. The van der Waals surface area contributed by atoms with Crippen LogP contribution in [0.4, 0.5) is 34.1 Å². The summed E-state index contributed by atoms with van der Waals surface area (Å²) in [6.07, 6.45) is 0. The predicted octanol–water partition coefficient (Wildman–Crippen LogP) is 6.53. The zero-order valence-electron chi connectivity index (χ0n) is 34.2. The molecule has 6 nitrogen and oxygen atoms in total. The molecule has 0 fully saturated rings. The van der Waals surface area contributed by atoms with Crippen molar-refractivity contribution in [3.05, 3.63) is 75.4 Å². The number of rotatable bonds is 10. The summed E-state index contributed by atoms with van der Waals surface area (Å²) in [5, 5.41) is 4.51. The van der Waals surface area contributed by atoms with Gasteiger partial charge < -0.3 is 29.4 Å². The molecule has 0 N–H and O–H groups in total. The van der Waals surface area contributed by atoms with E-state index in [9.17, 15) is 0 Å². The summed E-state index contributed by atoms with van der Waals surface area (Å²) >= 11 is 0. The lowest BCUT2D eigenvalue weighted by molar-refractivity contribution is 1.06. The summed E-state index contributed by atoms with van der Waals surface area (Å²) in [4.78, 5) is 13.9. The molecule has 3 aromatic carbocycles. The molecule has 0 heterocycles. The number of anilines is 6. The van der Waals surface area contributed by atoms with Crippen LogP contribution < -0.4 is 45.0 Å². The molecule has 266 valence electrons. The van der Waals surface area contributed by atoms with Gasteiger partial charge in [0.25, 0.3) is 0 Å². The fraction of sp³-hybridized carbons (Fsp3) is 0.476. The Labute approximate surface area is 300 Å². The van der Waals surface area contributed by atoms with Crippen LogP contribution in [0, 0.1) is 20.8 Å². The molecule has 4 rings (SSSR count). The van der Waals surface area contributed by atoms with E-state index < -0.39 is 8.07 Å². The second kappa shape index (κ2) is 13.8. The summed E-state index contributed by atoms with van der Waals surface area (Å²) in [6, 6.07) is 14.6.